The van der Waals surface area contributed by atoms with E-state index < -0.39 is 5.91 Å². The van der Waals surface area contributed by atoms with E-state index >= 15 is 0 Å². The zero-order valence-electron chi connectivity index (χ0n) is 7.83. The van der Waals surface area contributed by atoms with E-state index in [0.717, 1.165) is 0 Å². The minimum atomic E-state index is -0.575. The summed E-state index contributed by atoms with van der Waals surface area (Å²) in [4.78, 5) is 13.8. The molecule has 0 saturated heterocycles. The Kier molecular flexibility index (Phi) is 2.25. The average molecular weight is 204 g/mol. The summed E-state index contributed by atoms with van der Waals surface area (Å²) in [5, 5.41) is 0. The molecule has 0 aliphatic heterocycles. The summed E-state index contributed by atoms with van der Waals surface area (Å²) in [6.45, 7) is 0. The fourth-order valence-electron chi connectivity index (χ4n) is 1.47. The van der Waals surface area contributed by atoms with Crippen molar-refractivity contribution in [2.24, 2.45) is 5.73 Å². The van der Waals surface area contributed by atoms with Crippen molar-refractivity contribution in [2.75, 3.05) is 0 Å². The van der Waals surface area contributed by atoms with Gasteiger partial charge in [0.2, 0.25) is 0 Å². The second-order valence-electron chi connectivity index (χ2n) is 3.13. The summed E-state index contributed by atoms with van der Waals surface area (Å²) in [7, 11) is 0. The van der Waals surface area contributed by atoms with Crippen molar-refractivity contribution in [3.63, 3.8) is 0 Å². The van der Waals surface area contributed by atoms with Gasteiger partial charge in [0, 0.05) is 23.5 Å². The standard InChI is InChI=1S/C11H9FN2O/c12-10-4-2-1-3-7(10)8-5-14-6-9(8)11(13)15/h1-6,14H,(H2,13,15). The number of aromatic amines is 1. The highest BCUT2D eigenvalue weighted by Gasteiger charge is 2.13. The van der Waals surface area contributed by atoms with Gasteiger partial charge in [-0.2, -0.15) is 0 Å². The predicted octanol–water partition coefficient (Wildman–Crippen LogP) is 1.92. The number of amides is 1. The van der Waals surface area contributed by atoms with E-state index in [1.165, 1.54) is 12.3 Å². The number of H-pyrrole nitrogens is 1. The molecule has 2 aromatic rings. The van der Waals surface area contributed by atoms with Crippen LogP contribution in [0.3, 0.4) is 0 Å². The number of aromatic nitrogens is 1. The maximum atomic E-state index is 13.4. The van der Waals surface area contributed by atoms with Crippen molar-refractivity contribution >= 4 is 5.91 Å². The van der Waals surface area contributed by atoms with Gasteiger partial charge in [-0.15, -0.1) is 0 Å². The summed E-state index contributed by atoms with van der Waals surface area (Å²) in [6, 6.07) is 6.24. The van der Waals surface area contributed by atoms with Crippen LogP contribution in [0, 0.1) is 5.82 Å². The molecule has 0 unspecified atom stereocenters. The van der Waals surface area contributed by atoms with Crippen LogP contribution in [-0.2, 0) is 0 Å². The molecular formula is C11H9FN2O. The quantitative estimate of drug-likeness (QED) is 0.771. The van der Waals surface area contributed by atoms with Crippen molar-refractivity contribution in [3.05, 3.63) is 48.0 Å². The molecule has 0 aliphatic rings. The molecule has 15 heavy (non-hydrogen) atoms. The lowest BCUT2D eigenvalue weighted by Crippen LogP contribution is -2.11. The summed E-state index contributed by atoms with van der Waals surface area (Å²) in [5.41, 5.74) is 6.31. The molecular weight excluding hydrogens is 195 g/mol. The lowest BCUT2D eigenvalue weighted by atomic mass is 10.0. The number of primary amides is 1. The first-order chi connectivity index (χ1) is 7.20. The van der Waals surface area contributed by atoms with Gasteiger partial charge in [-0.25, -0.2) is 4.39 Å². The number of benzene rings is 1. The molecule has 3 N–H and O–H groups in total. The maximum absolute atomic E-state index is 13.4. The topological polar surface area (TPSA) is 58.9 Å². The number of hydrogen-bond donors (Lipinski definition) is 2. The third-order valence-corrected chi connectivity index (χ3v) is 2.17. The van der Waals surface area contributed by atoms with Crippen LogP contribution in [0.2, 0.25) is 0 Å². The minimum absolute atomic E-state index is 0.292. The molecule has 3 nitrogen and oxygen atoms in total. The Hall–Kier alpha value is -2.10. The molecule has 0 radical (unpaired) electrons. The van der Waals surface area contributed by atoms with Crippen LogP contribution in [-0.4, -0.2) is 10.9 Å². The van der Waals surface area contributed by atoms with E-state index in [1.54, 1.807) is 24.4 Å². The summed E-state index contributed by atoms with van der Waals surface area (Å²) in [5.74, 6) is -0.950. The molecule has 0 fully saturated rings. The van der Waals surface area contributed by atoms with E-state index in [9.17, 15) is 9.18 Å². The molecule has 0 aliphatic carbocycles. The van der Waals surface area contributed by atoms with Crippen LogP contribution in [0.1, 0.15) is 10.4 Å². The van der Waals surface area contributed by atoms with Gasteiger partial charge in [0.15, 0.2) is 0 Å². The normalized spacial score (nSPS) is 10.2. The average Bonchev–Trinajstić information content (AvgIpc) is 2.67. The van der Waals surface area contributed by atoms with Gasteiger partial charge in [0.05, 0.1) is 5.56 Å². The minimum Gasteiger partial charge on any atom is -0.366 e. The van der Waals surface area contributed by atoms with Crippen molar-refractivity contribution in [3.8, 4) is 11.1 Å². The van der Waals surface area contributed by atoms with Gasteiger partial charge in [-0.3, -0.25) is 4.79 Å². The van der Waals surface area contributed by atoms with E-state index in [2.05, 4.69) is 4.98 Å². The number of nitrogens with one attached hydrogen (secondary N) is 1. The van der Waals surface area contributed by atoms with Crippen LogP contribution in [0.4, 0.5) is 4.39 Å². The van der Waals surface area contributed by atoms with E-state index in [0.29, 0.717) is 16.7 Å². The Morgan fingerprint density at radius 1 is 1.20 bits per heavy atom. The second kappa shape index (κ2) is 3.57. The number of hydrogen-bond acceptors (Lipinski definition) is 1. The lowest BCUT2D eigenvalue weighted by Gasteiger charge is -2.01. The van der Waals surface area contributed by atoms with Gasteiger partial charge >= 0.3 is 0 Å². The highest BCUT2D eigenvalue weighted by molar-refractivity contribution is 5.99. The van der Waals surface area contributed by atoms with E-state index in [4.69, 9.17) is 5.73 Å². The molecule has 2 rings (SSSR count). The van der Waals surface area contributed by atoms with E-state index in [-0.39, 0.29) is 5.82 Å². The molecule has 0 saturated carbocycles. The fraction of sp³-hybridized carbons (Fsp3) is 0. The fourth-order valence-corrected chi connectivity index (χ4v) is 1.47. The van der Waals surface area contributed by atoms with Crippen LogP contribution >= 0.6 is 0 Å². The van der Waals surface area contributed by atoms with Crippen molar-refractivity contribution in [1.82, 2.24) is 4.98 Å². The van der Waals surface area contributed by atoms with Crippen molar-refractivity contribution in [1.29, 1.82) is 0 Å². The van der Waals surface area contributed by atoms with Gasteiger partial charge in [0.1, 0.15) is 5.82 Å². The van der Waals surface area contributed by atoms with Gasteiger partial charge in [0.25, 0.3) is 5.91 Å². The Bertz CT molecular complexity index is 505. The molecule has 0 atom stereocenters. The molecule has 1 amide bonds. The SMILES string of the molecule is NC(=O)c1c[nH]cc1-c1ccccc1F. The Balaban J connectivity index is 2.59. The monoisotopic (exact) mass is 204 g/mol. The zero-order valence-corrected chi connectivity index (χ0v) is 7.83. The summed E-state index contributed by atoms with van der Waals surface area (Å²) in [6.07, 6.45) is 3.02. The summed E-state index contributed by atoms with van der Waals surface area (Å²) < 4.78 is 13.4. The number of carbonyl (C=O) groups excluding carboxylic acids is 1. The molecule has 0 spiro atoms. The largest absolute Gasteiger partial charge is 0.366 e. The first kappa shape index (κ1) is 9.45. The van der Waals surface area contributed by atoms with Gasteiger partial charge < -0.3 is 10.7 Å². The molecule has 0 bridgehead atoms. The third kappa shape index (κ3) is 1.61. The molecule has 1 aromatic heterocycles. The first-order valence-electron chi connectivity index (χ1n) is 4.41. The lowest BCUT2D eigenvalue weighted by molar-refractivity contribution is 0.100. The van der Waals surface area contributed by atoms with Crippen LogP contribution in [0.15, 0.2) is 36.7 Å². The van der Waals surface area contributed by atoms with Crippen molar-refractivity contribution < 1.29 is 9.18 Å². The Morgan fingerprint density at radius 2 is 1.93 bits per heavy atom. The number of nitrogens with two attached hydrogens (primary N) is 1. The summed E-state index contributed by atoms with van der Waals surface area (Å²) >= 11 is 0. The van der Waals surface area contributed by atoms with Crippen LogP contribution in [0.25, 0.3) is 11.1 Å². The number of halogens is 1. The van der Waals surface area contributed by atoms with Gasteiger partial charge in [-0.1, -0.05) is 18.2 Å². The van der Waals surface area contributed by atoms with E-state index in [1.807, 2.05) is 0 Å². The van der Waals surface area contributed by atoms with Crippen LogP contribution in [0.5, 0.6) is 0 Å². The zero-order chi connectivity index (χ0) is 10.8. The van der Waals surface area contributed by atoms with Crippen LogP contribution < -0.4 is 5.73 Å². The molecule has 4 heteroatoms. The second-order valence-corrected chi connectivity index (χ2v) is 3.13. The smallest absolute Gasteiger partial charge is 0.250 e. The molecule has 1 aromatic carbocycles. The highest BCUT2D eigenvalue weighted by Crippen LogP contribution is 2.25. The third-order valence-electron chi connectivity index (χ3n) is 2.17. The first-order valence-corrected chi connectivity index (χ1v) is 4.41. The molecule has 1 heterocycles. The highest BCUT2D eigenvalue weighted by atomic mass is 19.1. The van der Waals surface area contributed by atoms with Gasteiger partial charge in [-0.05, 0) is 6.07 Å². The predicted molar refractivity (Wildman–Crippen MR) is 54.7 cm³/mol. The molecule has 76 valence electrons. The number of rotatable bonds is 2. The number of carbonyl (C=O) groups is 1. The Labute approximate surface area is 85.7 Å². The van der Waals surface area contributed by atoms with Crippen molar-refractivity contribution in [2.45, 2.75) is 0 Å². The Morgan fingerprint density at radius 3 is 2.60 bits per heavy atom. The maximum Gasteiger partial charge on any atom is 0.250 e.